The molecule has 1 aromatic carbocycles. The fraction of sp³-hybridized carbons (Fsp3) is 0.308. The van der Waals surface area contributed by atoms with Crippen LogP contribution in [0.15, 0.2) is 40.9 Å². The molecule has 17 heavy (non-hydrogen) atoms. The van der Waals surface area contributed by atoms with E-state index in [1.807, 2.05) is 31.2 Å². The minimum atomic E-state index is 0.734. The van der Waals surface area contributed by atoms with Crippen LogP contribution in [0, 0.1) is 0 Å². The van der Waals surface area contributed by atoms with Gasteiger partial charge < -0.3 is 10.2 Å². The summed E-state index contributed by atoms with van der Waals surface area (Å²) in [5.41, 5.74) is 2.10. The fourth-order valence-electron chi connectivity index (χ4n) is 1.39. The molecule has 0 unspecified atom stereocenters. The second kappa shape index (κ2) is 6.77. The zero-order valence-electron chi connectivity index (χ0n) is 10.2. The molecule has 0 heterocycles. The van der Waals surface area contributed by atoms with E-state index in [2.05, 4.69) is 39.6 Å². The molecule has 0 spiro atoms. The van der Waals surface area contributed by atoms with E-state index in [-0.39, 0.29) is 0 Å². The lowest BCUT2D eigenvalue weighted by molar-refractivity contribution is 0.485. The largest absolute Gasteiger partial charge is 0.345 e. The van der Waals surface area contributed by atoms with Gasteiger partial charge in [-0.3, -0.25) is 0 Å². The van der Waals surface area contributed by atoms with E-state index in [1.165, 1.54) is 0 Å². The SMILES string of the molecule is C=C(C)CN(CC)C(=S)Nc1ccc(Br)cc1. The van der Waals surface area contributed by atoms with Crippen molar-refractivity contribution in [3.05, 3.63) is 40.9 Å². The van der Waals surface area contributed by atoms with Crippen LogP contribution in [-0.2, 0) is 0 Å². The maximum absolute atomic E-state index is 5.37. The summed E-state index contributed by atoms with van der Waals surface area (Å²) in [7, 11) is 0. The molecular formula is C13H17BrN2S. The van der Waals surface area contributed by atoms with E-state index in [0.717, 1.165) is 33.9 Å². The maximum Gasteiger partial charge on any atom is 0.173 e. The lowest BCUT2D eigenvalue weighted by Crippen LogP contribution is -2.35. The number of rotatable bonds is 4. The number of hydrogen-bond donors (Lipinski definition) is 1. The van der Waals surface area contributed by atoms with Gasteiger partial charge in [0.2, 0.25) is 0 Å². The smallest absolute Gasteiger partial charge is 0.173 e. The van der Waals surface area contributed by atoms with Gasteiger partial charge in [0.1, 0.15) is 0 Å². The standard InChI is InChI=1S/C13H17BrN2S/c1-4-16(9-10(2)3)13(17)15-12-7-5-11(14)6-8-12/h5-8H,2,4,9H2,1,3H3,(H,15,17). The molecule has 2 nitrogen and oxygen atoms in total. The highest BCUT2D eigenvalue weighted by molar-refractivity contribution is 9.10. The topological polar surface area (TPSA) is 15.3 Å². The van der Waals surface area contributed by atoms with Gasteiger partial charge >= 0.3 is 0 Å². The number of benzene rings is 1. The number of hydrogen-bond acceptors (Lipinski definition) is 1. The van der Waals surface area contributed by atoms with Gasteiger partial charge in [-0.2, -0.15) is 0 Å². The van der Waals surface area contributed by atoms with Gasteiger partial charge in [-0.05, 0) is 50.3 Å². The molecule has 1 N–H and O–H groups in total. The molecule has 0 atom stereocenters. The van der Waals surface area contributed by atoms with Crippen LogP contribution in [0.5, 0.6) is 0 Å². The summed E-state index contributed by atoms with van der Waals surface area (Å²) >= 11 is 8.77. The Hall–Kier alpha value is -0.870. The summed E-state index contributed by atoms with van der Waals surface area (Å²) in [6.45, 7) is 9.66. The van der Waals surface area contributed by atoms with Gasteiger partial charge in [-0.1, -0.05) is 28.1 Å². The van der Waals surface area contributed by atoms with Crippen LogP contribution in [0.2, 0.25) is 0 Å². The van der Waals surface area contributed by atoms with Gasteiger partial charge in [0, 0.05) is 23.2 Å². The monoisotopic (exact) mass is 312 g/mol. The van der Waals surface area contributed by atoms with Crippen molar-refractivity contribution in [2.45, 2.75) is 13.8 Å². The third kappa shape index (κ3) is 4.88. The summed E-state index contributed by atoms with van der Waals surface area (Å²) < 4.78 is 1.06. The Morgan fingerprint density at radius 3 is 2.47 bits per heavy atom. The first kappa shape index (κ1) is 14.2. The van der Waals surface area contributed by atoms with Crippen LogP contribution in [0.3, 0.4) is 0 Å². The molecule has 0 amide bonds. The molecule has 0 fully saturated rings. The Morgan fingerprint density at radius 2 is 2.00 bits per heavy atom. The molecule has 0 radical (unpaired) electrons. The summed E-state index contributed by atoms with van der Waals surface area (Å²) in [4.78, 5) is 2.08. The van der Waals surface area contributed by atoms with Crippen LogP contribution >= 0.6 is 28.1 Å². The Bertz CT molecular complexity index is 400. The highest BCUT2D eigenvalue weighted by Gasteiger charge is 2.07. The molecule has 0 bridgehead atoms. The average Bonchev–Trinajstić information content (AvgIpc) is 2.28. The van der Waals surface area contributed by atoms with Gasteiger partial charge in [0.05, 0.1) is 0 Å². The number of anilines is 1. The Morgan fingerprint density at radius 1 is 1.41 bits per heavy atom. The number of nitrogens with one attached hydrogen (secondary N) is 1. The first-order valence-corrected chi connectivity index (χ1v) is 6.69. The predicted molar refractivity (Wildman–Crippen MR) is 82.4 cm³/mol. The normalized spacial score (nSPS) is 9.82. The molecule has 1 aromatic rings. The van der Waals surface area contributed by atoms with Crippen molar-refractivity contribution < 1.29 is 0 Å². The molecule has 0 aliphatic rings. The molecule has 1 rings (SSSR count). The molecule has 4 heteroatoms. The Kier molecular flexibility index (Phi) is 5.65. The van der Waals surface area contributed by atoms with E-state index in [0.29, 0.717) is 0 Å². The third-order valence-corrected chi connectivity index (χ3v) is 3.11. The summed E-state index contributed by atoms with van der Waals surface area (Å²) in [5, 5.41) is 3.96. The van der Waals surface area contributed by atoms with Gasteiger partial charge in [0.25, 0.3) is 0 Å². The van der Waals surface area contributed by atoms with Crippen LogP contribution in [-0.4, -0.2) is 23.1 Å². The van der Waals surface area contributed by atoms with Crippen molar-refractivity contribution in [2.24, 2.45) is 0 Å². The first-order chi connectivity index (χ1) is 8.02. The van der Waals surface area contributed by atoms with Crippen LogP contribution in [0.1, 0.15) is 13.8 Å². The highest BCUT2D eigenvalue weighted by Crippen LogP contribution is 2.14. The summed E-state index contributed by atoms with van der Waals surface area (Å²) in [6.07, 6.45) is 0. The molecule has 92 valence electrons. The summed E-state index contributed by atoms with van der Waals surface area (Å²) in [5.74, 6) is 0. The zero-order valence-corrected chi connectivity index (χ0v) is 12.6. The van der Waals surface area contributed by atoms with Gasteiger partial charge in [0.15, 0.2) is 5.11 Å². The van der Waals surface area contributed by atoms with E-state index in [9.17, 15) is 0 Å². The average molecular weight is 313 g/mol. The molecule has 0 aliphatic heterocycles. The second-order valence-electron chi connectivity index (χ2n) is 3.91. The molecule has 0 saturated carbocycles. The number of halogens is 1. The van der Waals surface area contributed by atoms with Crippen LogP contribution in [0.4, 0.5) is 5.69 Å². The van der Waals surface area contributed by atoms with Gasteiger partial charge in [-0.25, -0.2) is 0 Å². The summed E-state index contributed by atoms with van der Waals surface area (Å²) in [6, 6.07) is 7.95. The highest BCUT2D eigenvalue weighted by atomic mass is 79.9. The van der Waals surface area contributed by atoms with E-state index >= 15 is 0 Å². The molecule has 0 saturated heterocycles. The minimum Gasteiger partial charge on any atom is -0.345 e. The van der Waals surface area contributed by atoms with E-state index < -0.39 is 0 Å². The van der Waals surface area contributed by atoms with Crippen LogP contribution < -0.4 is 5.32 Å². The van der Waals surface area contributed by atoms with Crippen molar-refractivity contribution in [2.75, 3.05) is 18.4 Å². The quantitative estimate of drug-likeness (QED) is 0.667. The lowest BCUT2D eigenvalue weighted by atomic mass is 10.3. The van der Waals surface area contributed by atoms with Crippen LogP contribution in [0.25, 0.3) is 0 Å². The van der Waals surface area contributed by atoms with E-state index in [1.54, 1.807) is 0 Å². The van der Waals surface area contributed by atoms with Crippen molar-refractivity contribution in [1.82, 2.24) is 4.90 Å². The first-order valence-electron chi connectivity index (χ1n) is 5.48. The van der Waals surface area contributed by atoms with Crippen molar-refractivity contribution >= 4 is 38.9 Å². The fourth-order valence-corrected chi connectivity index (χ4v) is 1.96. The Labute approximate surface area is 117 Å². The zero-order chi connectivity index (χ0) is 12.8. The third-order valence-electron chi connectivity index (χ3n) is 2.23. The molecule has 0 aromatic heterocycles. The second-order valence-corrected chi connectivity index (χ2v) is 5.21. The lowest BCUT2D eigenvalue weighted by Gasteiger charge is -2.24. The van der Waals surface area contributed by atoms with Crippen molar-refractivity contribution in [3.8, 4) is 0 Å². The Balaban J connectivity index is 2.63. The molecular weight excluding hydrogens is 296 g/mol. The van der Waals surface area contributed by atoms with Gasteiger partial charge in [-0.15, -0.1) is 0 Å². The van der Waals surface area contributed by atoms with Crippen molar-refractivity contribution in [1.29, 1.82) is 0 Å². The minimum absolute atomic E-state index is 0.734. The van der Waals surface area contributed by atoms with E-state index in [4.69, 9.17) is 12.2 Å². The predicted octanol–water partition coefficient (Wildman–Crippen LogP) is 4.04. The number of thiocarbonyl (C=S) groups is 1. The number of likely N-dealkylation sites (N-methyl/N-ethyl adjacent to an activating group) is 1. The number of nitrogens with zero attached hydrogens (tertiary/aromatic N) is 1. The maximum atomic E-state index is 5.37. The van der Waals surface area contributed by atoms with Crippen molar-refractivity contribution in [3.63, 3.8) is 0 Å². The molecule has 0 aliphatic carbocycles.